The molecule has 3 aromatic rings. The van der Waals surface area contributed by atoms with Gasteiger partial charge in [-0.1, -0.05) is 23.2 Å². The van der Waals surface area contributed by atoms with E-state index in [0.29, 0.717) is 34.3 Å². The van der Waals surface area contributed by atoms with Gasteiger partial charge in [-0.05, 0) is 66.6 Å². The summed E-state index contributed by atoms with van der Waals surface area (Å²) in [5.74, 6) is 0.573. The third-order valence-electron chi connectivity index (χ3n) is 4.37. The molecule has 0 aliphatic rings. The molecular formula is C23H19Cl2N3O5. The average molecular weight is 488 g/mol. The number of nitrogens with one attached hydrogen (secondary N) is 1. The zero-order valence-corrected chi connectivity index (χ0v) is 19.0. The van der Waals surface area contributed by atoms with E-state index in [1.807, 2.05) is 6.92 Å². The molecule has 33 heavy (non-hydrogen) atoms. The lowest BCUT2D eigenvalue weighted by Crippen LogP contribution is -2.17. The molecule has 0 fully saturated rings. The number of hydrogen-bond donors (Lipinski definition) is 1. The minimum absolute atomic E-state index is 0.0173. The molecule has 0 aliphatic carbocycles. The van der Waals surface area contributed by atoms with E-state index < -0.39 is 10.8 Å². The van der Waals surface area contributed by atoms with Crippen LogP contribution in [-0.2, 0) is 6.61 Å². The molecular weight excluding hydrogens is 469 g/mol. The van der Waals surface area contributed by atoms with Crippen LogP contribution in [0.4, 0.5) is 5.69 Å². The highest BCUT2D eigenvalue weighted by atomic mass is 35.5. The van der Waals surface area contributed by atoms with Crippen molar-refractivity contribution in [2.24, 2.45) is 5.10 Å². The van der Waals surface area contributed by atoms with E-state index in [4.69, 9.17) is 32.7 Å². The van der Waals surface area contributed by atoms with Gasteiger partial charge in [0.1, 0.15) is 6.61 Å². The molecule has 0 aromatic heterocycles. The minimum atomic E-state index is -0.453. The Morgan fingerprint density at radius 3 is 2.45 bits per heavy atom. The predicted molar refractivity (Wildman–Crippen MR) is 127 cm³/mol. The number of carbonyl (C=O) groups excluding carboxylic acids is 1. The number of rotatable bonds is 9. The molecule has 0 spiro atoms. The largest absolute Gasteiger partial charge is 0.490 e. The number of hydrogen-bond acceptors (Lipinski definition) is 6. The summed E-state index contributed by atoms with van der Waals surface area (Å²) < 4.78 is 11.5. The van der Waals surface area contributed by atoms with Crippen LogP contribution in [0, 0.1) is 10.1 Å². The van der Waals surface area contributed by atoms with Crippen molar-refractivity contribution in [3.8, 4) is 11.5 Å². The van der Waals surface area contributed by atoms with E-state index >= 15 is 0 Å². The molecule has 0 radical (unpaired) electrons. The Morgan fingerprint density at radius 1 is 1.03 bits per heavy atom. The van der Waals surface area contributed by atoms with Crippen molar-refractivity contribution in [2.75, 3.05) is 6.61 Å². The van der Waals surface area contributed by atoms with Crippen LogP contribution in [0.3, 0.4) is 0 Å². The van der Waals surface area contributed by atoms with E-state index in [2.05, 4.69) is 10.5 Å². The summed E-state index contributed by atoms with van der Waals surface area (Å²) in [6.07, 6.45) is 1.47. The highest BCUT2D eigenvalue weighted by Gasteiger charge is 2.09. The molecule has 10 heteroatoms. The highest BCUT2D eigenvalue weighted by Crippen LogP contribution is 2.29. The van der Waals surface area contributed by atoms with Crippen molar-refractivity contribution in [2.45, 2.75) is 13.5 Å². The van der Waals surface area contributed by atoms with Gasteiger partial charge in [0.2, 0.25) is 0 Å². The van der Waals surface area contributed by atoms with Crippen molar-refractivity contribution < 1.29 is 19.2 Å². The van der Waals surface area contributed by atoms with Gasteiger partial charge in [-0.15, -0.1) is 0 Å². The minimum Gasteiger partial charge on any atom is -0.490 e. The van der Waals surface area contributed by atoms with Gasteiger partial charge in [-0.2, -0.15) is 5.10 Å². The lowest BCUT2D eigenvalue weighted by molar-refractivity contribution is -0.384. The second-order valence-corrected chi connectivity index (χ2v) is 7.49. The zero-order chi connectivity index (χ0) is 23.8. The van der Waals surface area contributed by atoms with E-state index in [1.165, 1.54) is 30.5 Å². The van der Waals surface area contributed by atoms with Gasteiger partial charge >= 0.3 is 0 Å². The van der Waals surface area contributed by atoms with Gasteiger partial charge in [-0.25, -0.2) is 5.43 Å². The lowest BCUT2D eigenvalue weighted by atomic mass is 10.2. The number of carbonyl (C=O) groups is 1. The van der Waals surface area contributed by atoms with Gasteiger partial charge in [0.05, 0.1) is 27.8 Å². The van der Waals surface area contributed by atoms with Crippen molar-refractivity contribution in [1.29, 1.82) is 0 Å². The second kappa shape index (κ2) is 11.3. The summed E-state index contributed by atoms with van der Waals surface area (Å²) in [6, 6.07) is 15.9. The van der Waals surface area contributed by atoms with Crippen LogP contribution in [0.25, 0.3) is 0 Å². The number of halogens is 2. The van der Waals surface area contributed by atoms with Crippen molar-refractivity contribution in [3.05, 3.63) is 97.5 Å². The van der Waals surface area contributed by atoms with Crippen molar-refractivity contribution in [1.82, 2.24) is 5.43 Å². The first-order chi connectivity index (χ1) is 15.9. The summed E-state index contributed by atoms with van der Waals surface area (Å²) in [6.45, 7) is 2.48. The fourth-order valence-electron chi connectivity index (χ4n) is 2.73. The second-order valence-electron chi connectivity index (χ2n) is 6.68. The molecule has 3 aromatic carbocycles. The van der Waals surface area contributed by atoms with Crippen LogP contribution >= 0.6 is 23.2 Å². The molecule has 170 valence electrons. The molecule has 0 heterocycles. The molecule has 0 saturated heterocycles. The van der Waals surface area contributed by atoms with Crippen molar-refractivity contribution >= 4 is 41.0 Å². The number of non-ortho nitro benzene ring substituents is 1. The SMILES string of the molecule is CCOc1cc(/C=N\NC(=O)c2ccc(Cl)c(Cl)c2)ccc1OCc1ccc([N+](=O)[O-])cc1. The third-order valence-corrected chi connectivity index (χ3v) is 5.11. The number of ether oxygens (including phenoxy) is 2. The van der Waals surface area contributed by atoms with E-state index in [0.717, 1.165) is 5.56 Å². The van der Waals surface area contributed by atoms with Gasteiger partial charge in [0.15, 0.2) is 11.5 Å². The summed E-state index contributed by atoms with van der Waals surface area (Å²) >= 11 is 11.8. The molecule has 8 nitrogen and oxygen atoms in total. The molecule has 1 N–H and O–H groups in total. The molecule has 0 saturated carbocycles. The van der Waals surface area contributed by atoms with Gasteiger partial charge in [-0.3, -0.25) is 14.9 Å². The first-order valence-electron chi connectivity index (χ1n) is 9.79. The Hall–Kier alpha value is -3.62. The van der Waals surface area contributed by atoms with Crippen LogP contribution < -0.4 is 14.9 Å². The lowest BCUT2D eigenvalue weighted by Gasteiger charge is -2.12. The van der Waals surface area contributed by atoms with E-state index in [1.54, 1.807) is 36.4 Å². The van der Waals surface area contributed by atoms with Crippen LogP contribution in [0.1, 0.15) is 28.4 Å². The monoisotopic (exact) mass is 487 g/mol. The van der Waals surface area contributed by atoms with Gasteiger partial charge in [0.25, 0.3) is 11.6 Å². The fourth-order valence-corrected chi connectivity index (χ4v) is 3.03. The van der Waals surface area contributed by atoms with Crippen LogP contribution in [0.5, 0.6) is 11.5 Å². The predicted octanol–water partition coefficient (Wildman–Crippen LogP) is 5.64. The quantitative estimate of drug-likeness (QED) is 0.239. The fraction of sp³-hybridized carbons (Fsp3) is 0.130. The van der Waals surface area contributed by atoms with Crippen LogP contribution in [0.2, 0.25) is 10.0 Å². The van der Waals surface area contributed by atoms with Gasteiger partial charge < -0.3 is 9.47 Å². The maximum absolute atomic E-state index is 12.2. The average Bonchev–Trinajstić information content (AvgIpc) is 2.80. The van der Waals surface area contributed by atoms with E-state index in [9.17, 15) is 14.9 Å². The molecule has 0 aliphatic heterocycles. The highest BCUT2D eigenvalue weighted by molar-refractivity contribution is 6.42. The maximum Gasteiger partial charge on any atom is 0.271 e. The van der Waals surface area contributed by atoms with Gasteiger partial charge in [0, 0.05) is 17.7 Å². The Bertz CT molecular complexity index is 1180. The van der Waals surface area contributed by atoms with E-state index in [-0.39, 0.29) is 17.3 Å². The summed E-state index contributed by atoms with van der Waals surface area (Å²) in [7, 11) is 0. The Morgan fingerprint density at radius 2 is 1.79 bits per heavy atom. The molecule has 3 rings (SSSR count). The number of amides is 1. The number of nitrogens with zero attached hydrogens (tertiary/aromatic N) is 2. The topological polar surface area (TPSA) is 103 Å². The van der Waals surface area contributed by atoms with Crippen LogP contribution in [0.15, 0.2) is 65.8 Å². The summed E-state index contributed by atoms with van der Waals surface area (Å²) in [4.78, 5) is 22.5. The molecule has 0 atom stereocenters. The summed E-state index contributed by atoms with van der Waals surface area (Å²) in [5, 5.41) is 15.4. The normalized spacial score (nSPS) is 10.8. The Balaban J connectivity index is 1.65. The number of hydrazone groups is 1. The number of nitro benzene ring substituents is 1. The Labute approximate surface area is 199 Å². The molecule has 0 bridgehead atoms. The number of nitro groups is 1. The molecule has 1 amide bonds. The van der Waals surface area contributed by atoms with Crippen molar-refractivity contribution in [3.63, 3.8) is 0 Å². The molecule has 0 unspecified atom stereocenters. The summed E-state index contributed by atoms with van der Waals surface area (Å²) in [5.41, 5.74) is 4.22. The smallest absolute Gasteiger partial charge is 0.271 e. The zero-order valence-electron chi connectivity index (χ0n) is 17.5. The maximum atomic E-state index is 12.2. The Kier molecular flexibility index (Phi) is 8.23. The standard InChI is InChI=1S/C23H19Cl2N3O5/c1-2-32-22-11-16(13-26-27-23(29)17-6-9-19(24)20(25)12-17)5-10-21(22)33-14-15-3-7-18(8-4-15)28(30)31/h3-13H,2,14H2,1H3,(H,27,29)/b26-13-. The number of benzene rings is 3. The first kappa shape index (κ1) is 24.0. The van der Waals surface area contributed by atoms with Crippen LogP contribution in [-0.4, -0.2) is 23.7 Å². The first-order valence-corrected chi connectivity index (χ1v) is 10.5. The third kappa shape index (κ3) is 6.68.